The van der Waals surface area contributed by atoms with Gasteiger partial charge in [-0.05, 0) is 45.7 Å². The summed E-state index contributed by atoms with van der Waals surface area (Å²) in [4.78, 5) is 22.6. The Morgan fingerprint density at radius 3 is 2.59 bits per heavy atom. The molecule has 148 valence electrons. The first kappa shape index (κ1) is 20.9. The molecule has 0 bridgehead atoms. The number of allylic oxidation sites excluding steroid dienone is 2. The average molecular weight is 374 g/mol. The van der Waals surface area contributed by atoms with Crippen molar-refractivity contribution in [3.63, 3.8) is 0 Å². The van der Waals surface area contributed by atoms with Crippen LogP contribution in [0.5, 0.6) is 5.88 Å². The quantitative estimate of drug-likeness (QED) is 0.533. The first-order chi connectivity index (χ1) is 12.9. The van der Waals surface area contributed by atoms with Crippen LogP contribution in [0.4, 0.5) is 0 Å². The molecular formula is C21H30N2O4. The maximum atomic E-state index is 12.9. The molecule has 0 amide bonds. The van der Waals surface area contributed by atoms with Crippen molar-refractivity contribution in [3.8, 4) is 5.88 Å². The molecule has 2 rings (SSSR count). The molecule has 27 heavy (non-hydrogen) atoms. The number of oxime groups is 1. The van der Waals surface area contributed by atoms with E-state index in [1.165, 1.54) is 0 Å². The maximum absolute atomic E-state index is 12.9. The number of Topliss-reactive ketones (excluding diaryl/α,β-unsaturated/α-hetero) is 1. The lowest BCUT2D eigenvalue weighted by atomic mass is 9.79. The van der Waals surface area contributed by atoms with E-state index in [4.69, 9.17) is 9.57 Å². The van der Waals surface area contributed by atoms with Crippen molar-refractivity contribution >= 4 is 11.5 Å². The Balaban J connectivity index is 2.42. The average Bonchev–Trinajstić information content (AvgIpc) is 2.58. The molecular weight excluding hydrogens is 344 g/mol. The first-order valence-corrected chi connectivity index (χ1v) is 9.68. The molecule has 6 nitrogen and oxygen atoms in total. The number of pyridine rings is 1. The van der Waals surface area contributed by atoms with E-state index in [-0.39, 0.29) is 17.5 Å². The van der Waals surface area contributed by atoms with Gasteiger partial charge in [0.15, 0.2) is 5.78 Å². The normalized spacial score (nSPS) is 18.0. The summed E-state index contributed by atoms with van der Waals surface area (Å²) in [5.74, 6) is 0.357. The molecule has 0 radical (unpaired) electrons. The van der Waals surface area contributed by atoms with Crippen LogP contribution in [0.25, 0.3) is 0 Å². The summed E-state index contributed by atoms with van der Waals surface area (Å²) >= 11 is 0. The zero-order chi connectivity index (χ0) is 20.0. The number of aliphatic hydroxyl groups is 1. The van der Waals surface area contributed by atoms with E-state index in [9.17, 15) is 9.90 Å². The monoisotopic (exact) mass is 374 g/mol. The molecule has 0 aliphatic heterocycles. The predicted molar refractivity (Wildman–Crippen MR) is 105 cm³/mol. The van der Waals surface area contributed by atoms with Crippen molar-refractivity contribution in [2.75, 3.05) is 13.2 Å². The maximum Gasteiger partial charge on any atom is 0.217 e. The zero-order valence-corrected chi connectivity index (χ0v) is 17.0. The van der Waals surface area contributed by atoms with Gasteiger partial charge in [0.2, 0.25) is 5.88 Å². The van der Waals surface area contributed by atoms with Crippen LogP contribution in [-0.4, -0.2) is 34.8 Å². The minimum Gasteiger partial charge on any atom is -0.511 e. The summed E-state index contributed by atoms with van der Waals surface area (Å²) in [5.41, 5.74) is 3.65. The van der Waals surface area contributed by atoms with Crippen LogP contribution in [0, 0.1) is 13.8 Å². The van der Waals surface area contributed by atoms with E-state index in [0.717, 1.165) is 23.2 Å². The number of aromatic nitrogens is 1. The fraction of sp³-hybridized carbons (Fsp3) is 0.571. The summed E-state index contributed by atoms with van der Waals surface area (Å²) in [6.07, 6.45) is 2.06. The SMILES string of the molecule is CCCC(=NOCC)C1=C(O)CC(c2c(C)cc(C)nc2OCC)CC1=O. The van der Waals surface area contributed by atoms with Gasteiger partial charge >= 0.3 is 0 Å². The summed E-state index contributed by atoms with van der Waals surface area (Å²) < 4.78 is 5.72. The van der Waals surface area contributed by atoms with Crippen LogP contribution >= 0.6 is 0 Å². The number of carbonyl (C=O) groups excluding carboxylic acids is 1. The summed E-state index contributed by atoms with van der Waals surface area (Å²) in [6.45, 7) is 10.6. The Hall–Kier alpha value is -2.37. The smallest absolute Gasteiger partial charge is 0.217 e. The second-order valence-corrected chi connectivity index (χ2v) is 6.79. The Kier molecular flexibility index (Phi) is 7.39. The molecule has 0 saturated carbocycles. The van der Waals surface area contributed by atoms with Gasteiger partial charge in [0.25, 0.3) is 0 Å². The Morgan fingerprint density at radius 2 is 2.00 bits per heavy atom. The van der Waals surface area contributed by atoms with E-state index < -0.39 is 0 Å². The molecule has 0 aromatic carbocycles. The Bertz CT molecular complexity index is 753. The van der Waals surface area contributed by atoms with Crippen molar-refractivity contribution < 1.29 is 19.5 Å². The fourth-order valence-electron chi connectivity index (χ4n) is 3.58. The van der Waals surface area contributed by atoms with Gasteiger partial charge in [-0.25, -0.2) is 4.98 Å². The molecule has 1 aliphatic carbocycles. The molecule has 0 spiro atoms. The van der Waals surface area contributed by atoms with Crippen molar-refractivity contribution in [2.45, 2.75) is 66.2 Å². The standard InChI is InChI=1S/C21H30N2O4/c1-6-9-16(23-27-8-3)20-17(24)11-15(12-18(20)25)19-13(4)10-14(5)22-21(19)26-7-2/h10,15,24H,6-9,11-12H2,1-5H3. The summed E-state index contributed by atoms with van der Waals surface area (Å²) in [6, 6.07) is 1.98. The van der Waals surface area contributed by atoms with Crippen molar-refractivity contribution in [1.29, 1.82) is 0 Å². The molecule has 1 aliphatic rings. The largest absolute Gasteiger partial charge is 0.511 e. The highest BCUT2D eigenvalue weighted by Gasteiger charge is 2.34. The topological polar surface area (TPSA) is 81.0 Å². The van der Waals surface area contributed by atoms with Crippen molar-refractivity contribution in [1.82, 2.24) is 4.98 Å². The van der Waals surface area contributed by atoms with Crippen LogP contribution in [0.2, 0.25) is 0 Å². The number of nitrogens with zero attached hydrogens (tertiary/aromatic N) is 2. The van der Waals surface area contributed by atoms with Gasteiger partial charge in [-0.1, -0.05) is 18.5 Å². The molecule has 1 atom stereocenters. The van der Waals surface area contributed by atoms with Gasteiger partial charge in [0, 0.05) is 30.0 Å². The number of aryl methyl sites for hydroxylation is 2. The number of hydrogen-bond acceptors (Lipinski definition) is 6. The third-order valence-corrected chi connectivity index (χ3v) is 4.57. The van der Waals surface area contributed by atoms with E-state index >= 15 is 0 Å². The summed E-state index contributed by atoms with van der Waals surface area (Å²) in [7, 11) is 0. The highest BCUT2D eigenvalue weighted by molar-refractivity contribution is 6.23. The molecule has 1 heterocycles. The van der Waals surface area contributed by atoms with E-state index in [1.807, 2.05) is 40.7 Å². The second-order valence-electron chi connectivity index (χ2n) is 6.79. The van der Waals surface area contributed by atoms with Gasteiger partial charge in [0.05, 0.1) is 17.9 Å². The predicted octanol–water partition coefficient (Wildman–Crippen LogP) is 4.55. The number of ketones is 1. The molecule has 6 heteroatoms. The van der Waals surface area contributed by atoms with Gasteiger partial charge < -0.3 is 14.7 Å². The van der Waals surface area contributed by atoms with Crippen LogP contribution in [0.1, 0.15) is 69.2 Å². The molecule has 0 fully saturated rings. The van der Waals surface area contributed by atoms with Gasteiger partial charge in [-0.2, -0.15) is 0 Å². The van der Waals surface area contributed by atoms with Crippen molar-refractivity contribution in [3.05, 3.63) is 34.2 Å². The van der Waals surface area contributed by atoms with Crippen LogP contribution < -0.4 is 4.74 Å². The lowest BCUT2D eigenvalue weighted by Gasteiger charge is -2.26. The number of ether oxygens (including phenoxy) is 1. The molecule has 1 N–H and O–H groups in total. The van der Waals surface area contributed by atoms with Gasteiger partial charge in [-0.3, -0.25) is 4.79 Å². The first-order valence-electron chi connectivity index (χ1n) is 9.68. The number of aliphatic hydroxyl groups excluding tert-OH is 1. The van der Waals surface area contributed by atoms with E-state index in [0.29, 0.717) is 49.6 Å². The lowest BCUT2D eigenvalue weighted by Crippen LogP contribution is -2.25. The number of rotatable bonds is 8. The molecule has 0 saturated heterocycles. The minimum atomic E-state index is -0.161. The fourth-order valence-corrected chi connectivity index (χ4v) is 3.58. The zero-order valence-electron chi connectivity index (χ0n) is 17.0. The van der Waals surface area contributed by atoms with Crippen molar-refractivity contribution in [2.24, 2.45) is 5.16 Å². The molecule has 1 aromatic heterocycles. The summed E-state index contributed by atoms with van der Waals surface area (Å²) in [5, 5.41) is 14.8. The van der Waals surface area contributed by atoms with E-state index in [1.54, 1.807) is 0 Å². The van der Waals surface area contributed by atoms with Crippen LogP contribution in [-0.2, 0) is 9.63 Å². The van der Waals surface area contributed by atoms with Gasteiger partial charge in [-0.15, -0.1) is 0 Å². The lowest BCUT2D eigenvalue weighted by molar-refractivity contribution is -0.116. The number of hydrogen-bond donors (Lipinski definition) is 1. The highest BCUT2D eigenvalue weighted by atomic mass is 16.6. The Labute approximate surface area is 161 Å². The molecule has 1 unspecified atom stereocenters. The van der Waals surface area contributed by atoms with Crippen LogP contribution in [0.15, 0.2) is 22.6 Å². The second kappa shape index (κ2) is 9.53. The number of carbonyl (C=O) groups is 1. The molecule has 1 aromatic rings. The Morgan fingerprint density at radius 1 is 1.26 bits per heavy atom. The minimum absolute atomic E-state index is 0.0746. The highest BCUT2D eigenvalue weighted by Crippen LogP contribution is 2.39. The van der Waals surface area contributed by atoms with E-state index in [2.05, 4.69) is 10.1 Å². The third-order valence-electron chi connectivity index (χ3n) is 4.57. The van der Waals surface area contributed by atoms with Gasteiger partial charge in [0.1, 0.15) is 12.4 Å². The van der Waals surface area contributed by atoms with Crippen LogP contribution in [0.3, 0.4) is 0 Å². The third kappa shape index (κ3) is 4.87.